The van der Waals surface area contributed by atoms with Gasteiger partial charge in [0.1, 0.15) is 0 Å². The van der Waals surface area contributed by atoms with E-state index in [1.807, 2.05) is 6.19 Å². The Morgan fingerprint density at radius 2 is 2.58 bits per heavy atom. The van der Waals surface area contributed by atoms with Gasteiger partial charge in [0.25, 0.3) is 0 Å². The Kier molecular flexibility index (Phi) is 2.88. The van der Waals surface area contributed by atoms with Crippen molar-refractivity contribution >= 4 is 5.96 Å². The predicted molar refractivity (Wildman–Crippen MR) is 44.1 cm³/mol. The summed E-state index contributed by atoms with van der Waals surface area (Å²) in [4.78, 5) is 1.34. The van der Waals surface area contributed by atoms with Crippen LogP contribution in [0, 0.1) is 11.5 Å². The standard InChI is InChI=1S/C7H13N5/c1-2-3-11-5-10-7(9)12(4-8)6-11/h2-3,5-6H2,1H3,(H2,9,10)/p+2. The molecule has 0 radical (unpaired) electrons. The number of nitrogens with zero attached hydrogens (tertiary/aromatic N) is 2. The number of rotatable bonds is 2. The van der Waals surface area contributed by atoms with Crippen LogP contribution in [0.2, 0.25) is 0 Å². The summed E-state index contributed by atoms with van der Waals surface area (Å²) < 4.78 is 1.48. The summed E-state index contributed by atoms with van der Waals surface area (Å²) in [5.41, 5.74) is 5.54. The highest BCUT2D eigenvalue weighted by Crippen LogP contribution is 1.72. The molecule has 0 aromatic rings. The van der Waals surface area contributed by atoms with Gasteiger partial charge in [-0.25, -0.2) is 5.32 Å². The molecule has 0 saturated heterocycles. The van der Waals surface area contributed by atoms with Gasteiger partial charge in [-0.2, -0.15) is 0 Å². The van der Waals surface area contributed by atoms with E-state index in [2.05, 4.69) is 12.2 Å². The van der Waals surface area contributed by atoms with Crippen LogP contribution in [-0.4, -0.2) is 30.4 Å². The first-order valence-corrected chi connectivity index (χ1v) is 4.15. The molecule has 1 rings (SSSR count). The highest BCUT2D eigenvalue weighted by Gasteiger charge is 2.21. The molecule has 0 aromatic heterocycles. The monoisotopic (exact) mass is 169 g/mol. The van der Waals surface area contributed by atoms with Crippen molar-refractivity contribution in [2.75, 3.05) is 19.9 Å². The Morgan fingerprint density at radius 1 is 1.83 bits per heavy atom. The molecule has 0 aliphatic carbocycles. The molecule has 66 valence electrons. The van der Waals surface area contributed by atoms with Crippen LogP contribution >= 0.6 is 0 Å². The zero-order chi connectivity index (χ0) is 8.97. The summed E-state index contributed by atoms with van der Waals surface area (Å²) in [7, 11) is 0. The Balaban J connectivity index is 2.57. The first-order chi connectivity index (χ1) is 5.77. The molecule has 4 N–H and O–H groups in total. The summed E-state index contributed by atoms with van der Waals surface area (Å²) in [6, 6.07) is 0. The van der Waals surface area contributed by atoms with Crippen LogP contribution in [0.4, 0.5) is 0 Å². The van der Waals surface area contributed by atoms with Crippen LogP contribution in [0.25, 0.3) is 0 Å². The van der Waals surface area contributed by atoms with Gasteiger partial charge in [0.05, 0.1) is 6.54 Å². The molecule has 1 atom stereocenters. The first kappa shape index (κ1) is 8.81. The van der Waals surface area contributed by atoms with Crippen molar-refractivity contribution in [3.63, 3.8) is 0 Å². The Hall–Kier alpha value is -1.28. The van der Waals surface area contributed by atoms with E-state index in [0.717, 1.165) is 19.6 Å². The highest BCUT2D eigenvalue weighted by atomic mass is 15.4. The molecule has 12 heavy (non-hydrogen) atoms. The largest absolute Gasteiger partial charge is 0.331 e. The Labute approximate surface area is 72.1 Å². The Bertz CT molecular complexity index is 226. The van der Waals surface area contributed by atoms with Crippen molar-refractivity contribution in [1.82, 2.24) is 5.32 Å². The van der Waals surface area contributed by atoms with Gasteiger partial charge in [-0.1, -0.05) is 6.92 Å². The average molecular weight is 169 g/mol. The topological polar surface area (TPSA) is 69.3 Å². The molecule has 0 fully saturated rings. The van der Waals surface area contributed by atoms with Gasteiger partial charge < -0.3 is 5.73 Å². The number of nitrogens with one attached hydrogen (secondary N) is 2. The molecule has 5 heteroatoms. The van der Waals surface area contributed by atoms with Crippen LogP contribution in [0.5, 0.6) is 0 Å². The van der Waals surface area contributed by atoms with E-state index in [1.54, 1.807) is 0 Å². The maximum atomic E-state index is 8.67. The van der Waals surface area contributed by atoms with Gasteiger partial charge in [-0.05, 0) is 11.7 Å². The van der Waals surface area contributed by atoms with Crippen molar-refractivity contribution in [1.29, 1.82) is 5.26 Å². The zero-order valence-electron chi connectivity index (χ0n) is 7.30. The maximum Gasteiger partial charge on any atom is 0.331 e. The molecular formula is C7H15N5+2. The quantitative estimate of drug-likeness (QED) is 0.319. The SMILES string of the molecule is CCC[NH+]1CNC(N)=[N+](C#N)C1. The summed E-state index contributed by atoms with van der Waals surface area (Å²) in [6.45, 7) is 4.70. The molecule has 0 saturated carbocycles. The van der Waals surface area contributed by atoms with E-state index in [1.165, 1.54) is 9.48 Å². The third kappa shape index (κ3) is 1.86. The number of hydrogen-bond acceptors (Lipinski definition) is 3. The summed E-state index contributed by atoms with van der Waals surface area (Å²) in [5.74, 6) is 0.470. The van der Waals surface area contributed by atoms with E-state index in [4.69, 9.17) is 11.0 Å². The van der Waals surface area contributed by atoms with Crippen LogP contribution in [0.15, 0.2) is 0 Å². The Morgan fingerprint density at radius 3 is 3.17 bits per heavy atom. The van der Waals surface area contributed by atoms with E-state index in [0.29, 0.717) is 12.6 Å². The summed E-state index contributed by atoms with van der Waals surface area (Å²) in [6.07, 6.45) is 3.15. The molecule has 5 nitrogen and oxygen atoms in total. The fourth-order valence-corrected chi connectivity index (χ4v) is 1.29. The summed E-state index contributed by atoms with van der Waals surface area (Å²) in [5, 5.41) is 11.6. The van der Waals surface area contributed by atoms with Gasteiger partial charge in [-0.15, -0.1) is 4.58 Å². The van der Waals surface area contributed by atoms with Gasteiger partial charge >= 0.3 is 12.2 Å². The third-order valence-corrected chi connectivity index (χ3v) is 1.92. The van der Waals surface area contributed by atoms with Crippen molar-refractivity contribution in [2.24, 2.45) is 5.73 Å². The lowest BCUT2D eigenvalue weighted by molar-refractivity contribution is -0.974. The van der Waals surface area contributed by atoms with E-state index < -0.39 is 0 Å². The number of nitrogens with two attached hydrogens (primary N) is 1. The van der Waals surface area contributed by atoms with Crippen molar-refractivity contribution < 1.29 is 9.48 Å². The zero-order valence-corrected chi connectivity index (χ0v) is 7.30. The van der Waals surface area contributed by atoms with Crippen LogP contribution < -0.4 is 16.0 Å². The molecule has 1 aliphatic rings. The van der Waals surface area contributed by atoms with E-state index >= 15 is 0 Å². The fraction of sp³-hybridized carbons (Fsp3) is 0.714. The second kappa shape index (κ2) is 3.93. The average Bonchev–Trinajstić information content (AvgIpc) is 2.09. The first-order valence-electron chi connectivity index (χ1n) is 4.15. The number of hydrogen-bond donors (Lipinski definition) is 3. The minimum Gasteiger partial charge on any atom is -0.309 e. The molecule has 0 amide bonds. The normalized spacial score (nSPS) is 23.2. The lowest BCUT2D eigenvalue weighted by Crippen LogP contribution is -3.16. The van der Waals surface area contributed by atoms with E-state index in [-0.39, 0.29) is 0 Å². The van der Waals surface area contributed by atoms with Crippen molar-refractivity contribution in [3.8, 4) is 6.19 Å². The minimum atomic E-state index is 0.470. The second-order valence-corrected chi connectivity index (χ2v) is 2.92. The van der Waals surface area contributed by atoms with Crippen LogP contribution in [0.3, 0.4) is 0 Å². The van der Waals surface area contributed by atoms with Gasteiger partial charge in [0.15, 0.2) is 6.67 Å². The lowest BCUT2D eigenvalue weighted by atomic mass is 10.4. The smallest absolute Gasteiger partial charge is 0.309 e. The highest BCUT2D eigenvalue weighted by molar-refractivity contribution is 5.72. The van der Waals surface area contributed by atoms with Crippen LogP contribution in [0.1, 0.15) is 13.3 Å². The minimum absolute atomic E-state index is 0.470. The molecule has 0 aromatic carbocycles. The van der Waals surface area contributed by atoms with Gasteiger partial charge in [0.2, 0.25) is 6.67 Å². The molecule has 0 spiro atoms. The van der Waals surface area contributed by atoms with Gasteiger partial charge in [-0.3, -0.25) is 4.90 Å². The fourth-order valence-electron chi connectivity index (χ4n) is 1.29. The second-order valence-electron chi connectivity index (χ2n) is 2.92. The number of quaternary nitrogens is 1. The van der Waals surface area contributed by atoms with Gasteiger partial charge in [0, 0.05) is 0 Å². The maximum absolute atomic E-state index is 8.67. The molecule has 1 heterocycles. The van der Waals surface area contributed by atoms with E-state index in [9.17, 15) is 0 Å². The molecular weight excluding hydrogens is 154 g/mol. The van der Waals surface area contributed by atoms with Crippen molar-refractivity contribution in [3.05, 3.63) is 0 Å². The summed E-state index contributed by atoms with van der Waals surface area (Å²) >= 11 is 0. The van der Waals surface area contributed by atoms with Crippen molar-refractivity contribution in [2.45, 2.75) is 13.3 Å². The molecule has 0 bridgehead atoms. The number of guanidine groups is 1. The third-order valence-electron chi connectivity index (χ3n) is 1.92. The predicted octanol–water partition coefficient (Wildman–Crippen LogP) is -2.39. The number of nitriles is 1. The van der Waals surface area contributed by atoms with Crippen LogP contribution in [-0.2, 0) is 0 Å². The molecule has 1 unspecified atom stereocenters. The molecule has 1 aliphatic heterocycles. The lowest BCUT2D eigenvalue weighted by Gasteiger charge is -2.21.